The van der Waals surface area contributed by atoms with Crippen molar-refractivity contribution < 1.29 is 45.6 Å². The number of aryl methyl sites for hydroxylation is 2. The Balaban J connectivity index is 0.000000413. The average molecular weight is 907 g/mol. The van der Waals surface area contributed by atoms with Gasteiger partial charge in [-0.15, -0.1) is 5.75 Å². The predicted molar refractivity (Wildman–Crippen MR) is 242 cm³/mol. The molecule has 0 aliphatic carbocycles. The minimum absolute atomic E-state index is 0. The van der Waals surface area contributed by atoms with Gasteiger partial charge in [0, 0.05) is 0 Å². The molecular weight excluding hydrogens is 841 g/mol. The Bertz CT molecular complexity index is 1910. The van der Waals surface area contributed by atoms with Crippen LogP contribution in [0, 0.1) is 0 Å². The van der Waals surface area contributed by atoms with Crippen molar-refractivity contribution in [2.24, 2.45) is 0 Å². The monoisotopic (exact) mass is 906 g/mol. The Labute approximate surface area is 396 Å². The third kappa shape index (κ3) is 21.9. The molecule has 4 rings (SSSR count). The fourth-order valence-corrected chi connectivity index (χ4v) is 8.20. The van der Waals surface area contributed by atoms with E-state index in [1.165, 1.54) is 151 Å². The van der Waals surface area contributed by atoms with E-state index in [9.17, 15) is 36.2 Å². The van der Waals surface area contributed by atoms with Crippen LogP contribution in [0.15, 0.2) is 94.7 Å². The molecule has 0 saturated carbocycles. The molecule has 4 aromatic rings. The Hall–Kier alpha value is -2.84. The zero-order valence-electron chi connectivity index (χ0n) is 36.3. The van der Waals surface area contributed by atoms with Gasteiger partial charge in [-0.25, -0.2) is 8.42 Å². The van der Waals surface area contributed by atoms with Crippen molar-refractivity contribution in [3.05, 3.63) is 96.1 Å². The van der Waals surface area contributed by atoms with Crippen LogP contribution < -0.4 is 14.6 Å². The summed E-state index contributed by atoms with van der Waals surface area (Å²) in [5, 5.41) is 22.3. The molecule has 13 heteroatoms. The number of phenolic OH excluding ortho intramolecular Hbond substituents is 1. The van der Waals surface area contributed by atoms with Crippen molar-refractivity contribution in [3.8, 4) is 34.5 Å². The number of benzene rings is 4. The van der Waals surface area contributed by atoms with E-state index in [0.717, 1.165) is 37.7 Å². The summed E-state index contributed by atoms with van der Waals surface area (Å²) in [4.78, 5) is -0.693. The van der Waals surface area contributed by atoms with Crippen molar-refractivity contribution in [3.63, 3.8) is 0 Å². The average Bonchev–Trinajstić information content (AvgIpc) is 3.21. The normalized spacial score (nSPS) is 11.3. The summed E-state index contributed by atoms with van der Waals surface area (Å²) >= 11 is 0. The maximum Gasteiger partial charge on any atom is 2.00 e. The van der Waals surface area contributed by atoms with Crippen molar-refractivity contribution in [2.75, 3.05) is 0 Å². The van der Waals surface area contributed by atoms with Crippen LogP contribution in [0.1, 0.15) is 153 Å². The number of hydrogen-bond donors (Lipinski definition) is 2. The standard InChI is InChI=1S/2C24H34O5S.Ca/c2*1-2-3-4-5-6-7-8-9-10-11-14-20-19-21(17-18-22(20)25)29-23-15-12-13-16-24(23)30(26,27)28;/h2*12-13,15-19,25H,2-11,14H2,1H3,(H,26,27,28);/q;;+2/p-2. The first-order chi connectivity index (χ1) is 28.8. The van der Waals surface area contributed by atoms with Gasteiger partial charge in [-0.1, -0.05) is 165 Å². The van der Waals surface area contributed by atoms with Gasteiger partial charge in [0.15, 0.2) is 0 Å². The third-order valence-corrected chi connectivity index (χ3v) is 12.2. The topological polar surface area (TPSA) is 173 Å². The van der Waals surface area contributed by atoms with E-state index in [0.29, 0.717) is 23.5 Å². The van der Waals surface area contributed by atoms with Crippen molar-refractivity contribution in [2.45, 2.75) is 165 Å². The van der Waals surface area contributed by atoms with Gasteiger partial charge in [-0.2, -0.15) is 8.42 Å². The molecule has 0 atom stereocenters. The molecule has 332 valence electrons. The van der Waals surface area contributed by atoms with Crippen LogP contribution in [-0.2, 0) is 33.1 Å². The summed E-state index contributed by atoms with van der Waals surface area (Å²) in [6.45, 7) is 4.46. The van der Waals surface area contributed by atoms with Gasteiger partial charge in [-0.05, 0) is 85.8 Å². The molecule has 0 bridgehead atoms. The van der Waals surface area contributed by atoms with Gasteiger partial charge >= 0.3 is 37.7 Å². The van der Waals surface area contributed by atoms with Crippen molar-refractivity contribution in [1.82, 2.24) is 0 Å². The SMILES string of the molecule is CCCCCCCCCCCCc1cc(Oc2ccccc2S(=O)(=O)O)ccc1O.CCCCCCCCCCCCc1cc(Oc2ccccc2S(=O)(=O)[O-])ccc1[O-].[Ca+2]. The number of para-hydroxylation sites is 2. The molecule has 0 fully saturated rings. The summed E-state index contributed by atoms with van der Waals surface area (Å²) in [6.07, 6.45) is 26.2. The molecule has 0 aliphatic rings. The number of ether oxygens (including phenoxy) is 2. The summed E-state index contributed by atoms with van der Waals surface area (Å²) in [5.41, 5.74) is 1.42. The molecular formula is C48H66CaO10S2. The van der Waals surface area contributed by atoms with Gasteiger partial charge in [0.05, 0.1) is 4.90 Å². The van der Waals surface area contributed by atoms with Gasteiger partial charge < -0.3 is 24.2 Å². The smallest absolute Gasteiger partial charge is 0.872 e. The molecule has 0 saturated heterocycles. The summed E-state index contributed by atoms with van der Waals surface area (Å²) in [6, 6.07) is 21.1. The molecule has 0 radical (unpaired) electrons. The molecule has 10 nitrogen and oxygen atoms in total. The van der Waals surface area contributed by atoms with Crippen molar-refractivity contribution in [1.29, 1.82) is 0 Å². The summed E-state index contributed by atoms with van der Waals surface area (Å²) in [7, 11) is -9.02. The van der Waals surface area contributed by atoms with E-state index >= 15 is 0 Å². The molecule has 0 heterocycles. The fraction of sp³-hybridized carbons (Fsp3) is 0.500. The zero-order chi connectivity index (χ0) is 43.6. The van der Waals surface area contributed by atoms with Gasteiger partial charge in [0.1, 0.15) is 43.8 Å². The second kappa shape index (κ2) is 30.3. The maximum atomic E-state index is 12.1. The van der Waals surface area contributed by atoms with Crippen LogP contribution in [0.2, 0.25) is 0 Å². The Morgan fingerprint density at radius 2 is 0.885 bits per heavy atom. The maximum absolute atomic E-state index is 12.1. The quantitative estimate of drug-likeness (QED) is 0.0317. The van der Waals surface area contributed by atoms with Crippen LogP contribution in [-0.4, -0.2) is 68.8 Å². The first kappa shape index (κ1) is 54.3. The molecule has 4 aromatic carbocycles. The van der Waals surface area contributed by atoms with Crippen LogP contribution in [0.3, 0.4) is 0 Å². The minimum atomic E-state index is -4.64. The minimum Gasteiger partial charge on any atom is -0.872 e. The van der Waals surface area contributed by atoms with E-state index in [2.05, 4.69) is 13.8 Å². The molecule has 0 aliphatic heterocycles. The Morgan fingerprint density at radius 1 is 0.508 bits per heavy atom. The molecule has 61 heavy (non-hydrogen) atoms. The molecule has 0 unspecified atom stereocenters. The number of hydrogen-bond acceptors (Lipinski definition) is 9. The summed E-state index contributed by atoms with van der Waals surface area (Å²) in [5.74, 6) is 0.953. The van der Waals surface area contributed by atoms with Crippen LogP contribution in [0.4, 0.5) is 0 Å². The Morgan fingerprint density at radius 3 is 1.34 bits per heavy atom. The number of rotatable bonds is 28. The third-order valence-electron chi connectivity index (χ3n) is 10.4. The van der Waals surface area contributed by atoms with Crippen molar-refractivity contribution >= 4 is 58.0 Å². The first-order valence-electron chi connectivity index (χ1n) is 21.9. The largest absolute Gasteiger partial charge is 2.00 e. The van der Waals surface area contributed by atoms with E-state index in [1.807, 2.05) is 0 Å². The van der Waals surface area contributed by atoms with Gasteiger partial charge in [0.25, 0.3) is 10.1 Å². The first-order valence-corrected chi connectivity index (χ1v) is 24.8. The molecule has 0 amide bonds. The van der Waals surface area contributed by atoms with E-state index in [1.54, 1.807) is 36.4 Å². The predicted octanol–water partition coefficient (Wildman–Crippen LogP) is 12.4. The number of phenols is 1. The Kier molecular flexibility index (Phi) is 27.0. The number of unbranched alkanes of at least 4 members (excludes halogenated alkanes) is 18. The second-order valence-electron chi connectivity index (χ2n) is 15.5. The fourth-order valence-electron chi connectivity index (χ4n) is 6.99. The zero-order valence-corrected chi connectivity index (χ0v) is 40.2. The molecule has 0 aromatic heterocycles. The van der Waals surface area contributed by atoms with E-state index in [-0.39, 0.29) is 65.6 Å². The van der Waals surface area contributed by atoms with Crippen LogP contribution in [0.25, 0.3) is 0 Å². The van der Waals surface area contributed by atoms with Gasteiger partial charge in [-0.3, -0.25) is 4.55 Å². The van der Waals surface area contributed by atoms with Gasteiger partial charge in [0.2, 0.25) is 0 Å². The van der Waals surface area contributed by atoms with Crippen LogP contribution in [0.5, 0.6) is 34.5 Å². The van der Waals surface area contributed by atoms with E-state index in [4.69, 9.17) is 9.47 Å². The van der Waals surface area contributed by atoms with E-state index < -0.39 is 25.1 Å². The summed E-state index contributed by atoms with van der Waals surface area (Å²) < 4.78 is 77.9. The van der Waals surface area contributed by atoms with Crippen LogP contribution >= 0.6 is 0 Å². The molecule has 2 N–H and O–H groups in total. The number of aromatic hydroxyl groups is 1. The second-order valence-corrected chi connectivity index (χ2v) is 18.2. The molecule has 0 spiro atoms.